The van der Waals surface area contributed by atoms with Crippen molar-refractivity contribution < 1.29 is 14.3 Å². The van der Waals surface area contributed by atoms with Crippen LogP contribution in [-0.2, 0) is 9.53 Å². The Bertz CT molecular complexity index is 1480. The number of aromatic nitrogens is 1. The van der Waals surface area contributed by atoms with Gasteiger partial charge in [0.15, 0.2) is 4.80 Å². The number of thiazole rings is 1. The Hall–Kier alpha value is -2.97. The lowest BCUT2D eigenvalue weighted by molar-refractivity contribution is -0.139. The first-order valence-electron chi connectivity index (χ1n) is 11.4. The first kappa shape index (κ1) is 25.1. The zero-order chi connectivity index (χ0) is 25.3. The summed E-state index contributed by atoms with van der Waals surface area (Å²) in [6.07, 6.45) is 1.89. The third-order valence-corrected chi connectivity index (χ3v) is 7.13. The summed E-state index contributed by atoms with van der Waals surface area (Å²) in [5, 5.41) is 0. The zero-order valence-corrected chi connectivity index (χ0v) is 22.7. The number of halogens is 1. The van der Waals surface area contributed by atoms with Crippen molar-refractivity contribution in [2.45, 2.75) is 46.8 Å². The van der Waals surface area contributed by atoms with Gasteiger partial charge in [0.25, 0.3) is 5.56 Å². The molecule has 0 unspecified atom stereocenters. The molecule has 2 heterocycles. The smallest absolute Gasteiger partial charge is 0.338 e. The molecule has 8 heteroatoms. The topological polar surface area (TPSA) is 69.9 Å². The predicted molar refractivity (Wildman–Crippen MR) is 141 cm³/mol. The first-order valence-corrected chi connectivity index (χ1v) is 13.0. The lowest BCUT2D eigenvalue weighted by Crippen LogP contribution is -2.39. The molecule has 0 radical (unpaired) electrons. The highest BCUT2D eigenvalue weighted by atomic mass is 79.9. The average Bonchev–Trinajstić information content (AvgIpc) is 3.09. The Balaban J connectivity index is 1.87. The van der Waals surface area contributed by atoms with Gasteiger partial charge in [0, 0.05) is 0 Å². The van der Waals surface area contributed by atoms with Crippen LogP contribution >= 0.6 is 27.3 Å². The molecule has 1 aliphatic rings. The van der Waals surface area contributed by atoms with E-state index in [0.29, 0.717) is 20.6 Å². The number of esters is 1. The number of ether oxygens (including phenoxy) is 2. The molecule has 0 saturated heterocycles. The molecule has 0 saturated carbocycles. The van der Waals surface area contributed by atoms with E-state index in [0.717, 1.165) is 26.9 Å². The van der Waals surface area contributed by atoms with Gasteiger partial charge in [-0.15, -0.1) is 0 Å². The Kier molecular flexibility index (Phi) is 7.42. The fourth-order valence-electron chi connectivity index (χ4n) is 3.96. The van der Waals surface area contributed by atoms with E-state index < -0.39 is 12.0 Å². The van der Waals surface area contributed by atoms with Crippen LogP contribution in [0.4, 0.5) is 0 Å². The maximum absolute atomic E-state index is 13.7. The predicted octanol–water partition coefficient (Wildman–Crippen LogP) is 4.66. The van der Waals surface area contributed by atoms with E-state index in [2.05, 4.69) is 20.9 Å². The maximum atomic E-state index is 13.7. The van der Waals surface area contributed by atoms with E-state index >= 15 is 0 Å². The summed E-state index contributed by atoms with van der Waals surface area (Å²) in [6.45, 7) is 9.73. The number of nitrogens with zero attached hydrogens (tertiary/aromatic N) is 2. The number of fused-ring (bicyclic) bond motifs is 1. The van der Waals surface area contributed by atoms with Crippen LogP contribution in [0.1, 0.15) is 50.4 Å². The Morgan fingerprint density at radius 3 is 2.54 bits per heavy atom. The minimum Gasteiger partial charge on any atom is -0.490 e. The van der Waals surface area contributed by atoms with Gasteiger partial charge < -0.3 is 9.47 Å². The molecule has 182 valence electrons. The number of carbonyl (C=O) groups is 1. The summed E-state index contributed by atoms with van der Waals surface area (Å²) >= 11 is 4.86. The lowest BCUT2D eigenvalue weighted by atomic mass is 9.95. The molecule has 2 aromatic carbocycles. The molecule has 0 fully saturated rings. The molecular weight excluding hydrogens is 528 g/mol. The second kappa shape index (κ2) is 10.3. The van der Waals surface area contributed by atoms with Crippen LogP contribution in [0.3, 0.4) is 0 Å². The molecule has 1 aromatic heterocycles. The van der Waals surface area contributed by atoms with Gasteiger partial charge in [0.1, 0.15) is 5.75 Å². The highest BCUT2D eigenvalue weighted by Crippen LogP contribution is 2.31. The molecule has 1 atom stereocenters. The summed E-state index contributed by atoms with van der Waals surface area (Å²) in [5.74, 6) is 0.283. The van der Waals surface area contributed by atoms with Gasteiger partial charge in [-0.2, -0.15) is 0 Å². The normalized spacial score (nSPS) is 15.7. The number of benzene rings is 2. The molecule has 0 spiro atoms. The van der Waals surface area contributed by atoms with Crippen LogP contribution in [0.5, 0.6) is 5.75 Å². The van der Waals surface area contributed by atoms with Crippen molar-refractivity contribution in [3.63, 3.8) is 0 Å². The van der Waals surface area contributed by atoms with Crippen molar-refractivity contribution in [3.8, 4) is 5.75 Å². The molecule has 0 aliphatic carbocycles. The highest BCUT2D eigenvalue weighted by Gasteiger charge is 2.33. The van der Waals surface area contributed by atoms with Gasteiger partial charge in [0.2, 0.25) is 0 Å². The number of hydrogen-bond acceptors (Lipinski definition) is 6. The van der Waals surface area contributed by atoms with E-state index in [1.54, 1.807) is 18.4 Å². The van der Waals surface area contributed by atoms with Crippen molar-refractivity contribution in [2.24, 2.45) is 4.99 Å². The number of carbonyl (C=O) groups excluding carboxylic acids is 1. The average molecular weight is 555 g/mol. The van der Waals surface area contributed by atoms with Gasteiger partial charge >= 0.3 is 5.97 Å². The van der Waals surface area contributed by atoms with E-state index in [4.69, 9.17) is 9.47 Å². The molecule has 0 bridgehead atoms. The highest BCUT2D eigenvalue weighted by molar-refractivity contribution is 9.10. The fourth-order valence-corrected chi connectivity index (χ4v) is 5.50. The Morgan fingerprint density at radius 2 is 1.91 bits per heavy atom. The van der Waals surface area contributed by atoms with Crippen LogP contribution in [0.2, 0.25) is 0 Å². The van der Waals surface area contributed by atoms with E-state index in [1.807, 2.05) is 69.3 Å². The van der Waals surface area contributed by atoms with Crippen LogP contribution in [0.15, 0.2) is 68.0 Å². The largest absolute Gasteiger partial charge is 0.490 e. The summed E-state index contributed by atoms with van der Waals surface area (Å²) in [7, 11) is 0. The van der Waals surface area contributed by atoms with Crippen LogP contribution in [0.25, 0.3) is 6.08 Å². The molecule has 4 rings (SSSR count). The lowest BCUT2D eigenvalue weighted by Gasteiger charge is -2.24. The van der Waals surface area contributed by atoms with Gasteiger partial charge in [-0.05, 0) is 79.9 Å². The van der Waals surface area contributed by atoms with Crippen molar-refractivity contribution in [1.82, 2.24) is 4.57 Å². The third kappa shape index (κ3) is 5.18. The van der Waals surface area contributed by atoms with Crippen molar-refractivity contribution >= 4 is 39.3 Å². The van der Waals surface area contributed by atoms with E-state index in [9.17, 15) is 9.59 Å². The SMILES string of the molecule is CCOC(=O)C1=C(C)N=c2s/c(=C\c3ccc(OC(C)C)c(Br)c3)c(=O)n2[C@H]1c1ccc(C)cc1. The van der Waals surface area contributed by atoms with Crippen LogP contribution in [0, 0.1) is 6.92 Å². The minimum atomic E-state index is -0.610. The summed E-state index contributed by atoms with van der Waals surface area (Å²) < 4.78 is 14.1. The Morgan fingerprint density at radius 1 is 1.20 bits per heavy atom. The Labute approximate surface area is 216 Å². The summed E-state index contributed by atoms with van der Waals surface area (Å²) in [4.78, 5) is 31.8. The molecule has 0 N–H and O–H groups in total. The number of rotatable bonds is 6. The quantitative estimate of drug-likeness (QED) is 0.415. The number of aryl methyl sites for hydroxylation is 1. The van der Waals surface area contributed by atoms with Crippen LogP contribution in [-0.4, -0.2) is 23.2 Å². The van der Waals surface area contributed by atoms with E-state index in [1.165, 1.54) is 11.3 Å². The summed E-state index contributed by atoms with van der Waals surface area (Å²) in [5.41, 5.74) is 3.51. The van der Waals surface area contributed by atoms with Gasteiger partial charge in [-0.25, -0.2) is 9.79 Å². The molecule has 35 heavy (non-hydrogen) atoms. The standard InChI is InChI=1S/C27H27BrN2O4S/c1-6-33-26(32)23-17(5)29-27-30(24(23)19-10-7-16(4)8-11-19)25(31)22(35-27)14-18-9-12-21(20(28)13-18)34-15(2)3/h7-15,24H,6H2,1-5H3/b22-14-/t24-/m0/s1. The molecule has 3 aromatic rings. The van der Waals surface area contributed by atoms with Crippen LogP contribution < -0.4 is 19.6 Å². The van der Waals surface area contributed by atoms with Crippen molar-refractivity contribution in [2.75, 3.05) is 6.61 Å². The van der Waals surface area contributed by atoms with Gasteiger partial charge in [-0.1, -0.05) is 47.2 Å². The molecule has 0 amide bonds. The first-order chi connectivity index (χ1) is 16.7. The monoisotopic (exact) mass is 554 g/mol. The zero-order valence-electron chi connectivity index (χ0n) is 20.3. The second-order valence-electron chi connectivity index (χ2n) is 8.57. The van der Waals surface area contributed by atoms with Gasteiger partial charge in [-0.3, -0.25) is 9.36 Å². The van der Waals surface area contributed by atoms with Crippen molar-refractivity contribution in [1.29, 1.82) is 0 Å². The third-order valence-electron chi connectivity index (χ3n) is 5.53. The minimum absolute atomic E-state index is 0.0550. The fraction of sp³-hybridized carbons (Fsp3) is 0.296. The molecule has 1 aliphatic heterocycles. The number of hydrogen-bond donors (Lipinski definition) is 0. The van der Waals surface area contributed by atoms with E-state index in [-0.39, 0.29) is 18.3 Å². The maximum Gasteiger partial charge on any atom is 0.338 e. The summed E-state index contributed by atoms with van der Waals surface area (Å²) in [6, 6.07) is 12.9. The number of allylic oxidation sites excluding steroid dienone is 1. The second-order valence-corrected chi connectivity index (χ2v) is 10.4. The van der Waals surface area contributed by atoms with Crippen molar-refractivity contribution in [3.05, 3.63) is 94.6 Å². The molecule has 6 nitrogen and oxygen atoms in total. The van der Waals surface area contributed by atoms with Gasteiger partial charge in [0.05, 0.1) is 39.0 Å². The molecular formula is C27H27BrN2O4S.